The molecule has 174 valence electrons. The van der Waals surface area contributed by atoms with E-state index in [9.17, 15) is 13.6 Å². The third-order valence-corrected chi connectivity index (χ3v) is 5.20. The second-order valence-corrected chi connectivity index (χ2v) is 7.51. The van der Waals surface area contributed by atoms with Crippen LogP contribution in [0, 0.1) is 17.0 Å². The van der Waals surface area contributed by atoms with Gasteiger partial charge in [-0.3, -0.25) is 14.9 Å². The number of halogens is 4. The molecule has 34 heavy (non-hydrogen) atoms. The van der Waals surface area contributed by atoms with Gasteiger partial charge in [0.25, 0.3) is 5.91 Å². The molecule has 0 spiro atoms. The van der Waals surface area contributed by atoms with Gasteiger partial charge >= 0.3 is 5.92 Å². The summed E-state index contributed by atoms with van der Waals surface area (Å²) in [6.07, 6.45) is 4.06. The largest absolute Gasteiger partial charge is 0.355 e. The number of allylic oxidation sites excluding steroid dienone is 2. The highest BCUT2D eigenvalue weighted by molar-refractivity contribution is 6.11. The van der Waals surface area contributed by atoms with Gasteiger partial charge in [-0.15, -0.1) is 0 Å². The Morgan fingerprint density at radius 1 is 1.15 bits per heavy atom. The molecule has 1 aliphatic heterocycles. The molecule has 0 fully saturated rings. The van der Waals surface area contributed by atoms with Crippen molar-refractivity contribution >= 4 is 28.4 Å². The first-order valence-corrected chi connectivity index (χ1v) is 9.91. The number of aromatic nitrogens is 2. The molecule has 7 nitrogen and oxygen atoms in total. The summed E-state index contributed by atoms with van der Waals surface area (Å²) in [5.41, 5.74) is -1.05. The van der Waals surface area contributed by atoms with Crippen molar-refractivity contribution in [2.24, 2.45) is 12.1 Å². The maximum absolute atomic E-state index is 15.3. The van der Waals surface area contributed by atoms with Gasteiger partial charge in [-0.25, -0.2) is 13.8 Å². The quantitative estimate of drug-likeness (QED) is 0.343. The van der Waals surface area contributed by atoms with Crippen LogP contribution < -0.4 is 5.32 Å². The number of hydrogen-bond acceptors (Lipinski definition) is 4. The van der Waals surface area contributed by atoms with Crippen LogP contribution in [0.2, 0.25) is 0 Å². The van der Waals surface area contributed by atoms with Crippen LogP contribution in [-0.2, 0) is 13.0 Å². The number of amidine groups is 1. The summed E-state index contributed by atoms with van der Waals surface area (Å²) in [7, 11) is 2.96. The molecule has 0 saturated carbocycles. The van der Waals surface area contributed by atoms with Crippen molar-refractivity contribution in [1.29, 1.82) is 5.41 Å². The SMILES string of the molecule is C=C1C=CC(c2ccc(C(=O)NC)cc2F)=NN1C(=N)C(F)(F)c1cc2cn(C)nc2cc1F. The summed E-state index contributed by atoms with van der Waals surface area (Å²) < 4.78 is 61.2. The minimum atomic E-state index is -4.10. The van der Waals surface area contributed by atoms with E-state index in [1.165, 1.54) is 42.2 Å². The Balaban J connectivity index is 1.71. The zero-order chi connectivity index (χ0) is 24.8. The molecule has 0 aliphatic carbocycles. The Hall–Kier alpha value is -4.28. The Bertz CT molecular complexity index is 1420. The van der Waals surface area contributed by atoms with Gasteiger partial charge in [0.15, 0.2) is 5.84 Å². The molecule has 3 aromatic rings. The van der Waals surface area contributed by atoms with Gasteiger partial charge in [-0.05, 0) is 36.4 Å². The van der Waals surface area contributed by atoms with Crippen LogP contribution in [-0.4, -0.2) is 39.3 Å². The minimum Gasteiger partial charge on any atom is -0.355 e. The predicted octanol–water partition coefficient (Wildman–Crippen LogP) is 4.07. The summed E-state index contributed by atoms with van der Waals surface area (Å²) in [4.78, 5) is 11.7. The van der Waals surface area contributed by atoms with Crippen LogP contribution in [0.3, 0.4) is 0 Å². The molecule has 2 aromatic carbocycles. The number of carbonyl (C=O) groups is 1. The van der Waals surface area contributed by atoms with Crippen molar-refractivity contribution in [2.45, 2.75) is 5.92 Å². The Morgan fingerprint density at radius 3 is 2.56 bits per heavy atom. The average molecular weight is 470 g/mol. The lowest BCUT2D eigenvalue weighted by Gasteiger charge is -2.29. The lowest BCUT2D eigenvalue weighted by Crippen LogP contribution is -2.39. The number of benzene rings is 2. The highest BCUT2D eigenvalue weighted by Gasteiger charge is 2.44. The van der Waals surface area contributed by atoms with E-state index >= 15 is 8.78 Å². The molecule has 0 atom stereocenters. The monoisotopic (exact) mass is 470 g/mol. The number of hydrogen-bond donors (Lipinski definition) is 2. The van der Waals surface area contributed by atoms with Crippen LogP contribution in [0.25, 0.3) is 10.9 Å². The Labute approximate surface area is 191 Å². The molecule has 1 amide bonds. The molecule has 1 aromatic heterocycles. The van der Waals surface area contributed by atoms with E-state index in [-0.39, 0.29) is 33.4 Å². The fourth-order valence-electron chi connectivity index (χ4n) is 3.47. The molecule has 0 radical (unpaired) electrons. The van der Waals surface area contributed by atoms with Crippen LogP contribution in [0.15, 0.2) is 66.1 Å². The topological polar surface area (TPSA) is 86.4 Å². The molecule has 2 heterocycles. The van der Waals surface area contributed by atoms with E-state index in [2.05, 4.69) is 22.1 Å². The number of alkyl halides is 2. The van der Waals surface area contributed by atoms with E-state index in [0.29, 0.717) is 5.01 Å². The fraction of sp³-hybridized carbons (Fsp3) is 0.130. The van der Waals surface area contributed by atoms with E-state index < -0.39 is 34.9 Å². The van der Waals surface area contributed by atoms with Gasteiger partial charge in [-0.1, -0.05) is 6.58 Å². The van der Waals surface area contributed by atoms with Crippen LogP contribution >= 0.6 is 0 Å². The molecular weight excluding hydrogens is 452 g/mol. The lowest BCUT2D eigenvalue weighted by atomic mass is 10.0. The van der Waals surface area contributed by atoms with Gasteiger partial charge in [-0.2, -0.15) is 19.0 Å². The lowest BCUT2D eigenvalue weighted by molar-refractivity contribution is 0.0579. The number of fused-ring (bicyclic) bond motifs is 1. The predicted molar refractivity (Wildman–Crippen MR) is 119 cm³/mol. The first-order valence-electron chi connectivity index (χ1n) is 9.91. The zero-order valence-electron chi connectivity index (χ0n) is 18.0. The maximum atomic E-state index is 15.3. The summed E-state index contributed by atoms with van der Waals surface area (Å²) in [6, 6.07) is 5.40. The van der Waals surface area contributed by atoms with Gasteiger partial charge in [0.05, 0.1) is 22.5 Å². The molecule has 11 heteroatoms. The van der Waals surface area contributed by atoms with Crippen LogP contribution in [0.1, 0.15) is 21.5 Å². The maximum Gasteiger partial charge on any atom is 0.334 e. The van der Waals surface area contributed by atoms with Crippen molar-refractivity contribution in [3.05, 3.63) is 89.3 Å². The Kier molecular flexibility index (Phi) is 5.56. The van der Waals surface area contributed by atoms with E-state index in [0.717, 1.165) is 18.2 Å². The Morgan fingerprint density at radius 2 is 1.88 bits per heavy atom. The highest BCUT2D eigenvalue weighted by Crippen LogP contribution is 2.36. The van der Waals surface area contributed by atoms with Crippen molar-refractivity contribution in [1.82, 2.24) is 20.1 Å². The normalized spacial score (nSPS) is 13.9. The number of aryl methyl sites for hydroxylation is 1. The summed E-state index contributed by atoms with van der Waals surface area (Å²) in [6.45, 7) is 3.60. The molecular formula is C23H18F4N6O. The molecule has 1 aliphatic rings. The molecule has 0 saturated heterocycles. The summed E-state index contributed by atoms with van der Waals surface area (Å²) in [5.74, 6) is -8.03. The molecule has 0 unspecified atom stereocenters. The fourth-order valence-corrected chi connectivity index (χ4v) is 3.47. The number of carbonyl (C=O) groups excluding carboxylic acids is 1. The number of hydrazone groups is 1. The zero-order valence-corrected chi connectivity index (χ0v) is 18.0. The van der Waals surface area contributed by atoms with Gasteiger partial charge < -0.3 is 5.32 Å². The standard InChI is InChI=1S/C23H18F4N6O/c1-12-4-7-19(15-6-5-13(9-17(15)24)21(34)29-2)31-33(12)22(28)23(26,27)16-8-14-11-32(3)30-20(14)10-18(16)25/h4-11,28H,1H2,2-3H3,(H,29,34). The first-order chi connectivity index (χ1) is 16.0. The summed E-state index contributed by atoms with van der Waals surface area (Å²) >= 11 is 0. The van der Waals surface area contributed by atoms with Crippen molar-refractivity contribution in [3.8, 4) is 0 Å². The van der Waals surface area contributed by atoms with Crippen molar-refractivity contribution in [3.63, 3.8) is 0 Å². The number of nitrogens with one attached hydrogen (secondary N) is 2. The van der Waals surface area contributed by atoms with Crippen molar-refractivity contribution in [2.75, 3.05) is 7.05 Å². The molecule has 2 N–H and O–H groups in total. The van der Waals surface area contributed by atoms with Gasteiger partial charge in [0.2, 0.25) is 0 Å². The highest BCUT2D eigenvalue weighted by atomic mass is 19.3. The third kappa shape index (κ3) is 3.85. The smallest absolute Gasteiger partial charge is 0.334 e. The van der Waals surface area contributed by atoms with E-state index in [4.69, 9.17) is 5.41 Å². The van der Waals surface area contributed by atoms with E-state index in [1.54, 1.807) is 7.05 Å². The summed E-state index contributed by atoms with van der Waals surface area (Å²) in [5, 5.41) is 19.2. The van der Waals surface area contributed by atoms with Crippen LogP contribution in [0.5, 0.6) is 0 Å². The first kappa shape index (κ1) is 22.9. The van der Waals surface area contributed by atoms with E-state index in [1.807, 2.05) is 0 Å². The average Bonchev–Trinajstić information content (AvgIpc) is 3.16. The van der Waals surface area contributed by atoms with Crippen LogP contribution in [0.4, 0.5) is 17.6 Å². The van der Waals surface area contributed by atoms with Gasteiger partial charge in [0, 0.05) is 42.9 Å². The minimum absolute atomic E-state index is 0.0611. The number of nitrogens with zero attached hydrogens (tertiary/aromatic N) is 4. The molecule has 4 rings (SSSR count). The molecule has 0 bridgehead atoms. The van der Waals surface area contributed by atoms with Gasteiger partial charge in [0.1, 0.15) is 11.6 Å². The number of amides is 1. The number of rotatable bonds is 4. The second-order valence-electron chi connectivity index (χ2n) is 7.51. The van der Waals surface area contributed by atoms with Crippen molar-refractivity contribution < 1.29 is 22.4 Å². The third-order valence-electron chi connectivity index (χ3n) is 5.20. The second kappa shape index (κ2) is 8.25.